The Morgan fingerprint density at radius 3 is 2.69 bits per heavy atom. The third kappa shape index (κ3) is 4.08. The third-order valence-electron chi connectivity index (χ3n) is 7.93. The highest BCUT2D eigenvalue weighted by atomic mass is 16.5. The SMILES string of the molecule is Cc1cc(C)c(-c2cc(N3CCOCC3)c3nccn3c2)cc1NC(=O)N1CC=C(C2(C)CC2)C1. The van der Waals surface area contributed by atoms with Crippen LogP contribution in [0.5, 0.6) is 0 Å². The fourth-order valence-electron chi connectivity index (χ4n) is 5.35. The molecule has 1 saturated heterocycles. The average Bonchev–Trinajstić information content (AvgIpc) is 3.26. The molecule has 7 heteroatoms. The zero-order chi connectivity index (χ0) is 24.2. The van der Waals surface area contributed by atoms with Gasteiger partial charge in [0.15, 0.2) is 5.65 Å². The molecule has 2 fully saturated rings. The molecule has 182 valence electrons. The summed E-state index contributed by atoms with van der Waals surface area (Å²) in [7, 11) is 0. The molecule has 0 unspecified atom stereocenters. The van der Waals surface area contributed by atoms with Crippen LogP contribution in [-0.4, -0.2) is 59.7 Å². The Balaban J connectivity index is 1.30. The van der Waals surface area contributed by atoms with Crippen molar-refractivity contribution in [2.45, 2.75) is 33.6 Å². The summed E-state index contributed by atoms with van der Waals surface area (Å²) in [6.45, 7) is 11.1. The molecular weight excluding hydrogens is 438 g/mol. The Kier molecular flexibility index (Phi) is 5.33. The van der Waals surface area contributed by atoms with Crippen molar-refractivity contribution in [2.24, 2.45) is 5.41 Å². The van der Waals surface area contributed by atoms with E-state index in [1.165, 1.54) is 24.0 Å². The first-order valence-corrected chi connectivity index (χ1v) is 12.6. The molecular formula is C28H33N5O2. The molecule has 2 amide bonds. The van der Waals surface area contributed by atoms with Crippen molar-refractivity contribution in [1.29, 1.82) is 0 Å². The van der Waals surface area contributed by atoms with Crippen LogP contribution in [0.25, 0.3) is 16.8 Å². The minimum absolute atomic E-state index is 0.0301. The van der Waals surface area contributed by atoms with Crippen molar-refractivity contribution in [3.05, 3.63) is 59.6 Å². The predicted molar refractivity (Wildman–Crippen MR) is 139 cm³/mol. The van der Waals surface area contributed by atoms with Gasteiger partial charge in [-0.2, -0.15) is 0 Å². The number of anilines is 2. The number of morpholine rings is 1. The molecule has 2 aliphatic heterocycles. The number of benzene rings is 1. The van der Waals surface area contributed by atoms with Gasteiger partial charge in [-0.3, -0.25) is 0 Å². The molecule has 0 bridgehead atoms. The number of amides is 2. The molecule has 1 aliphatic carbocycles. The van der Waals surface area contributed by atoms with Crippen LogP contribution in [0.2, 0.25) is 0 Å². The molecule has 35 heavy (non-hydrogen) atoms. The second-order valence-electron chi connectivity index (χ2n) is 10.5. The highest BCUT2D eigenvalue weighted by molar-refractivity contribution is 5.92. The molecule has 7 nitrogen and oxygen atoms in total. The number of rotatable bonds is 4. The highest BCUT2D eigenvalue weighted by Gasteiger charge is 2.43. The lowest BCUT2D eigenvalue weighted by Gasteiger charge is -2.29. The lowest BCUT2D eigenvalue weighted by atomic mass is 9.98. The number of carbonyl (C=O) groups excluding carboxylic acids is 1. The van der Waals surface area contributed by atoms with E-state index in [2.05, 4.69) is 70.8 Å². The monoisotopic (exact) mass is 471 g/mol. The van der Waals surface area contributed by atoms with E-state index in [0.717, 1.165) is 66.6 Å². The molecule has 3 aromatic rings. The number of imidazole rings is 1. The third-order valence-corrected chi connectivity index (χ3v) is 7.93. The average molecular weight is 472 g/mol. The molecule has 0 atom stereocenters. The summed E-state index contributed by atoms with van der Waals surface area (Å²) in [6, 6.07) is 6.48. The van der Waals surface area contributed by atoms with Crippen LogP contribution in [0.15, 0.2) is 48.4 Å². The van der Waals surface area contributed by atoms with Crippen molar-refractivity contribution in [3.8, 4) is 11.1 Å². The number of carbonyl (C=O) groups is 1. The molecule has 0 radical (unpaired) electrons. The summed E-state index contributed by atoms with van der Waals surface area (Å²) in [5, 5.41) is 3.20. The van der Waals surface area contributed by atoms with E-state index < -0.39 is 0 Å². The molecule has 3 aliphatic rings. The number of aryl methyl sites for hydroxylation is 2. The van der Waals surface area contributed by atoms with E-state index in [1.807, 2.05) is 17.3 Å². The van der Waals surface area contributed by atoms with E-state index >= 15 is 0 Å². The minimum atomic E-state index is -0.0301. The first-order chi connectivity index (χ1) is 16.9. The molecule has 4 heterocycles. The van der Waals surface area contributed by atoms with Gasteiger partial charge in [-0.1, -0.05) is 19.1 Å². The summed E-state index contributed by atoms with van der Waals surface area (Å²) in [4.78, 5) is 22.0. The number of fused-ring (bicyclic) bond motifs is 1. The van der Waals surface area contributed by atoms with Crippen LogP contribution >= 0.6 is 0 Å². The lowest BCUT2D eigenvalue weighted by Crippen LogP contribution is -2.36. The maximum Gasteiger partial charge on any atom is 0.322 e. The van der Waals surface area contributed by atoms with E-state index in [-0.39, 0.29) is 6.03 Å². The van der Waals surface area contributed by atoms with Gasteiger partial charge in [0.2, 0.25) is 0 Å². The maximum absolute atomic E-state index is 13.1. The van der Waals surface area contributed by atoms with Crippen LogP contribution in [0.1, 0.15) is 30.9 Å². The van der Waals surface area contributed by atoms with Crippen molar-refractivity contribution in [2.75, 3.05) is 49.6 Å². The van der Waals surface area contributed by atoms with Gasteiger partial charge in [0.1, 0.15) is 0 Å². The number of hydrogen-bond donors (Lipinski definition) is 1. The van der Waals surface area contributed by atoms with Gasteiger partial charge < -0.3 is 24.3 Å². The normalized spacial score (nSPS) is 19.2. The first-order valence-electron chi connectivity index (χ1n) is 12.6. The topological polar surface area (TPSA) is 62.1 Å². The van der Waals surface area contributed by atoms with Gasteiger partial charge in [-0.15, -0.1) is 0 Å². The van der Waals surface area contributed by atoms with Crippen LogP contribution in [0.3, 0.4) is 0 Å². The number of hydrogen-bond acceptors (Lipinski definition) is 4. The van der Waals surface area contributed by atoms with Crippen molar-refractivity contribution in [3.63, 3.8) is 0 Å². The molecule has 1 aromatic carbocycles. The molecule has 1 saturated carbocycles. The van der Waals surface area contributed by atoms with E-state index in [4.69, 9.17) is 4.74 Å². The number of nitrogens with zero attached hydrogens (tertiary/aromatic N) is 4. The van der Waals surface area contributed by atoms with Crippen LogP contribution in [0.4, 0.5) is 16.2 Å². The predicted octanol–water partition coefficient (Wildman–Crippen LogP) is 5.03. The Morgan fingerprint density at radius 2 is 1.91 bits per heavy atom. The Morgan fingerprint density at radius 1 is 1.11 bits per heavy atom. The summed E-state index contributed by atoms with van der Waals surface area (Å²) in [5.74, 6) is 0. The van der Waals surface area contributed by atoms with Crippen molar-refractivity contribution in [1.82, 2.24) is 14.3 Å². The fraction of sp³-hybridized carbons (Fsp3) is 0.429. The standard InChI is InChI=1S/C28H33N5O2/c1-19-14-20(2)24(30-27(34)33-8-4-22(18-33)28(3)5-6-28)16-23(19)21-15-25(31-10-12-35-13-11-31)26-29-7-9-32(26)17-21/h4,7,9,14-17H,5-6,8,10-13,18H2,1-3H3,(H,30,34). The van der Waals surface area contributed by atoms with Crippen LogP contribution in [0, 0.1) is 19.3 Å². The maximum atomic E-state index is 13.1. The second-order valence-corrected chi connectivity index (χ2v) is 10.5. The minimum Gasteiger partial charge on any atom is -0.378 e. The van der Waals surface area contributed by atoms with Gasteiger partial charge in [-0.05, 0) is 66.5 Å². The summed E-state index contributed by atoms with van der Waals surface area (Å²) in [6.07, 6.45) is 10.7. The highest BCUT2D eigenvalue weighted by Crippen LogP contribution is 2.52. The summed E-state index contributed by atoms with van der Waals surface area (Å²) in [5.41, 5.74) is 9.14. The Labute approximate surface area is 206 Å². The Bertz CT molecular complexity index is 1330. The zero-order valence-electron chi connectivity index (χ0n) is 20.8. The van der Waals surface area contributed by atoms with Gasteiger partial charge in [0, 0.05) is 56.0 Å². The van der Waals surface area contributed by atoms with E-state index in [9.17, 15) is 4.79 Å². The lowest BCUT2D eigenvalue weighted by molar-refractivity contribution is 0.123. The number of aromatic nitrogens is 2. The number of ether oxygens (including phenoxy) is 1. The molecule has 6 rings (SSSR count). The number of pyridine rings is 1. The number of nitrogens with one attached hydrogen (secondary N) is 1. The van der Waals surface area contributed by atoms with E-state index in [0.29, 0.717) is 12.0 Å². The summed E-state index contributed by atoms with van der Waals surface area (Å²) >= 11 is 0. The van der Waals surface area contributed by atoms with Gasteiger partial charge in [-0.25, -0.2) is 9.78 Å². The zero-order valence-corrected chi connectivity index (χ0v) is 20.8. The largest absolute Gasteiger partial charge is 0.378 e. The van der Waals surface area contributed by atoms with Crippen LogP contribution < -0.4 is 10.2 Å². The van der Waals surface area contributed by atoms with E-state index in [1.54, 1.807) is 0 Å². The number of urea groups is 1. The van der Waals surface area contributed by atoms with Gasteiger partial charge >= 0.3 is 6.03 Å². The fourth-order valence-corrected chi connectivity index (χ4v) is 5.35. The van der Waals surface area contributed by atoms with Crippen LogP contribution in [-0.2, 0) is 4.74 Å². The second kappa shape index (κ2) is 8.41. The first kappa shape index (κ1) is 22.2. The van der Waals surface area contributed by atoms with Gasteiger partial charge in [0.25, 0.3) is 0 Å². The Hall–Kier alpha value is -3.32. The van der Waals surface area contributed by atoms with Gasteiger partial charge in [0.05, 0.1) is 18.9 Å². The van der Waals surface area contributed by atoms with Crippen molar-refractivity contribution >= 4 is 23.1 Å². The summed E-state index contributed by atoms with van der Waals surface area (Å²) < 4.78 is 7.66. The van der Waals surface area contributed by atoms with Crippen molar-refractivity contribution < 1.29 is 9.53 Å². The molecule has 2 aromatic heterocycles. The molecule has 1 N–H and O–H groups in total. The quantitative estimate of drug-likeness (QED) is 0.542. The smallest absolute Gasteiger partial charge is 0.322 e. The molecule has 0 spiro atoms.